The first-order valence-corrected chi connectivity index (χ1v) is 6.57. The van der Waals surface area contributed by atoms with Gasteiger partial charge in [0.2, 0.25) is 0 Å². The third-order valence-electron chi connectivity index (χ3n) is 2.79. The van der Waals surface area contributed by atoms with Gasteiger partial charge in [0.15, 0.2) is 11.6 Å². The van der Waals surface area contributed by atoms with E-state index in [1.807, 2.05) is 12.1 Å². The molecule has 0 spiro atoms. The van der Waals surface area contributed by atoms with Crippen LogP contribution in [-0.4, -0.2) is 11.6 Å². The van der Waals surface area contributed by atoms with E-state index in [4.69, 9.17) is 4.42 Å². The van der Waals surface area contributed by atoms with Crippen LogP contribution in [0.25, 0.3) is 0 Å². The molecule has 0 atom stereocenters. The van der Waals surface area contributed by atoms with Crippen LogP contribution in [0, 0.1) is 0 Å². The molecule has 2 rings (SSSR count). The Kier molecular flexibility index (Phi) is 5.91. The zero-order chi connectivity index (χ0) is 15.1. The van der Waals surface area contributed by atoms with Crippen LogP contribution in [0.1, 0.15) is 60.1 Å². The molecule has 0 bridgehead atoms. The van der Waals surface area contributed by atoms with E-state index in [1.54, 1.807) is 30.5 Å². The Morgan fingerprint density at radius 3 is 1.80 bits per heavy atom. The molecule has 0 N–H and O–H groups in total. The molecule has 0 saturated heterocycles. The van der Waals surface area contributed by atoms with Gasteiger partial charge in [-0.1, -0.05) is 32.0 Å². The zero-order valence-electron chi connectivity index (χ0n) is 12.3. The lowest BCUT2D eigenvalue weighted by Gasteiger charge is -1.97. The van der Waals surface area contributed by atoms with E-state index >= 15 is 0 Å². The summed E-state index contributed by atoms with van der Waals surface area (Å²) < 4.78 is 5.09. The Balaban J connectivity index is 0.000000217. The molecule has 0 aliphatic carbocycles. The quantitative estimate of drug-likeness (QED) is 0.773. The fourth-order valence-corrected chi connectivity index (χ4v) is 1.58. The van der Waals surface area contributed by atoms with Crippen LogP contribution in [0.4, 0.5) is 0 Å². The molecule has 106 valence electrons. The summed E-state index contributed by atoms with van der Waals surface area (Å²) in [5.74, 6) is 1.55. The third-order valence-corrected chi connectivity index (χ3v) is 2.79. The maximum atomic E-state index is 10.9. The number of rotatable bonds is 3. The minimum Gasteiger partial charge on any atom is -0.469 e. The number of benzene rings is 1. The molecule has 3 nitrogen and oxygen atoms in total. The highest BCUT2D eigenvalue weighted by Crippen LogP contribution is 2.12. The molecule has 0 aliphatic rings. The summed E-state index contributed by atoms with van der Waals surface area (Å²) in [6.45, 7) is 7.19. The summed E-state index contributed by atoms with van der Waals surface area (Å²) in [5.41, 5.74) is 1.17. The van der Waals surface area contributed by atoms with Crippen LogP contribution in [0.15, 0.2) is 47.1 Å². The van der Waals surface area contributed by atoms with Gasteiger partial charge in [-0.25, -0.2) is 0 Å². The number of carbonyl (C=O) groups is 2. The minimum atomic E-state index is -0.0156. The Morgan fingerprint density at radius 1 is 0.950 bits per heavy atom. The van der Waals surface area contributed by atoms with E-state index in [0.29, 0.717) is 17.0 Å². The van der Waals surface area contributed by atoms with Gasteiger partial charge < -0.3 is 4.42 Å². The molecule has 0 aliphatic heterocycles. The van der Waals surface area contributed by atoms with Crippen LogP contribution in [0.2, 0.25) is 0 Å². The van der Waals surface area contributed by atoms with Crippen molar-refractivity contribution >= 4 is 11.6 Å². The average molecular weight is 272 g/mol. The van der Waals surface area contributed by atoms with Gasteiger partial charge in [-0.2, -0.15) is 0 Å². The van der Waals surface area contributed by atoms with Gasteiger partial charge in [-0.05, 0) is 32.0 Å². The maximum Gasteiger partial charge on any atom is 0.159 e. The van der Waals surface area contributed by atoms with Crippen molar-refractivity contribution in [3.63, 3.8) is 0 Å². The largest absolute Gasteiger partial charge is 0.469 e. The average Bonchev–Trinajstić information content (AvgIpc) is 2.93. The molecular weight excluding hydrogens is 252 g/mol. The van der Waals surface area contributed by atoms with Crippen LogP contribution < -0.4 is 0 Å². The predicted octanol–water partition coefficient (Wildman–Crippen LogP) is 4.49. The molecule has 1 heterocycles. The van der Waals surface area contributed by atoms with Crippen molar-refractivity contribution in [3.05, 3.63) is 59.5 Å². The molecule has 20 heavy (non-hydrogen) atoms. The van der Waals surface area contributed by atoms with Crippen molar-refractivity contribution in [2.24, 2.45) is 0 Å². The van der Waals surface area contributed by atoms with E-state index in [9.17, 15) is 9.59 Å². The lowest BCUT2D eigenvalue weighted by Crippen LogP contribution is -1.96. The standard InChI is InChI=1S/C10H10O2.C7H10O/c1-7(11)9-4-3-5-10(6-9)8(2)12;1-6(2)7-4-3-5-8-7/h3-6H,1-2H3;3-6H,1-2H3. The van der Waals surface area contributed by atoms with Gasteiger partial charge in [0.1, 0.15) is 5.76 Å². The zero-order valence-corrected chi connectivity index (χ0v) is 12.3. The number of hydrogen-bond donors (Lipinski definition) is 0. The number of carbonyl (C=O) groups excluding carboxylic acids is 2. The van der Waals surface area contributed by atoms with E-state index in [2.05, 4.69) is 13.8 Å². The molecule has 0 unspecified atom stereocenters. The smallest absolute Gasteiger partial charge is 0.159 e. The minimum absolute atomic E-state index is 0.0156. The fraction of sp³-hybridized carbons (Fsp3) is 0.294. The summed E-state index contributed by atoms with van der Waals surface area (Å²) in [6, 6.07) is 10.6. The first-order valence-electron chi connectivity index (χ1n) is 6.57. The van der Waals surface area contributed by atoms with Crippen LogP contribution >= 0.6 is 0 Å². The summed E-state index contributed by atoms with van der Waals surface area (Å²) in [4.78, 5) is 21.8. The maximum absolute atomic E-state index is 10.9. The molecule has 0 amide bonds. The van der Waals surface area contributed by atoms with E-state index < -0.39 is 0 Å². The molecule has 0 radical (unpaired) electrons. The van der Waals surface area contributed by atoms with Crippen molar-refractivity contribution in [1.82, 2.24) is 0 Å². The Labute approximate surface area is 119 Å². The summed E-state index contributed by atoms with van der Waals surface area (Å²) in [5, 5.41) is 0. The van der Waals surface area contributed by atoms with Crippen LogP contribution in [-0.2, 0) is 0 Å². The number of Topliss-reactive ketones (excluding diaryl/α,β-unsaturated/α-hetero) is 2. The predicted molar refractivity (Wildman–Crippen MR) is 79.2 cm³/mol. The van der Waals surface area contributed by atoms with Crippen LogP contribution in [0.3, 0.4) is 0 Å². The second-order valence-electron chi connectivity index (χ2n) is 4.86. The SMILES string of the molecule is CC(=O)c1cccc(C(C)=O)c1.CC(C)c1ccco1. The Bertz CT molecular complexity index is 536. The highest BCUT2D eigenvalue weighted by Gasteiger charge is 2.02. The van der Waals surface area contributed by atoms with E-state index in [-0.39, 0.29) is 11.6 Å². The van der Waals surface area contributed by atoms with Gasteiger partial charge in [0.25, 0.3) is 0 Å². The number of hydrogen-bond acceptors (Lipinski definition) is 3. The van der Waals surface area contributed by atoms with Crippen molar-refractivity contribution in [1.29, 1.82) is 0 Å². The molecule has 1 aromatic carbocycles. The lowest BCUT2D eigenvalue weighted by molar-refractivity contribution is 0.101. The molecular formula is C17H20O3. The normalized spacial score (nSPS) is 9.85. The first kappa shape index (κ1) is 15.9. The lowest BCUT2D eigenvalue weighted by atomic mass is 10.1. The van der Waals surface area contributed by atoms with E-state index in [1.165, 1.54) is 13.8 Å². The third kappa shape index (κ3) is 4.84. The second-order valence-corrected chi connectivity index (χ2v) is 4.86. The number of ketones is 2. The van der Waals surface area contributed by atoms with Crippen molar-refractivity contribution in [3.8, 4) is 0 Å². The van der Waals surface area contributed by atoms with Gasteiger partial charge in [-0.3, -0.25) is 9.59 Å². The van der Waals surface area contributed by atoms with Gasteiger partial charge in [0.05, 0.1) is 6.26 Å². The van der Waals surface area contributed by atoms with Gasteiger partial charge in [-0.15, -0.1) is 0 Å². The second kappa shape index (κ2) is 7.43. The van der Waals surface area contributed by atoms with Crippen molar-refractivity contribution in [2.75, 3.05) is 0 Å². The summed E-state index contributed by atoms with van der Waals surface area (Å²) >= 11 is 0. The molecule has 1 aromatic heterocycles. The van der Waals surface area contributed by atoms with Gasteiger partial charge >= 0.3 is 0 Å². The highest BCUT2D eigenvalue weighted by molar-refractivity contribution is 5.99. The molecule has 2 aromatic rings. The summed E-state index contributed by atoms with van der Waals surface area (Å²) in [7, 11) is 0. The van der Waals surface area contributed by atoms with Crippen LogP contribution in [0.5, 0.6) is 0 Å². The molecule has 3 heteroatoms. The first-order chi connectivity index (χ1) is 9.41. The van der Waals surface area contributed by atoms with Crippen molar-refractivity contribution < 1.29 is 14.0 Å². The Hall–Kier alpha value is -2.16. The topological polar surface area (TPSA) is 47.3 Å². The molecule has 0 saturated carbocycles. The highest BCUT2D eigenvalue weighted by atomic mass is 16.3. The Morgan fingerprint density at radius 2 is 1.50 bits per heavy atom. The molecule has 0 fully saturated rings. The fourth-order valence-electron chi connectivity index (χ4n) is 1.58. The summed E-state index contributed by atoms with van der Waals surface area (Å²) in [6.07, 6.45) is 1.70. The van der Waals surface area contributed by atoms with Gasteiger partial charge in [0, 0.05) is 17.0 Å². The van der Waals surface area contributed by atoms with Crippen molar-refractivity contribution in [2.45, 2.75) is 33.6 Å². The number of furan rings is 1. The van der Waals surface area contributed by atoms with E-state index in [0.717, 1.165) is 5.76 Å². The monoisotopic (exact) mass is 272 g/mol.